The summed E-state index contributed by atoms with van der Waals surface area (Å²) in [5.74, 6) is 1.81. The van der Waals surface area contributed by atoms with Crippen LogP contribution in [0.15, 0.2) is 35.7 Å². The van der Waals surface area contributed by atoms with Crippen molar-refractivity contribution in [1.82, 2.24) is 30.4 Å². The average Bonchev–Trinajstić information content (AvgIpc) is 3.05. The number of aromatic nitrogens is 4. The molecule has 0 fully saturated rings. The number of aliphatic imine (C=N–C) groups is 1. The van der Waals surface area contributed by atoms with E-state index in [9.17, 15) is 0 Å². The summed E-state index contributed by atoms with van der Waals surface area (Å²) in [6, 6.07) is 5.86. The Morgan fingerprint density at radius 1 is 1.22 bits per heavy atom. The SMILES string of the molecule is CCCNC(=NCc1ccccn1)NCCn1cnnc1CC. The first-order chi connectivity index (χ1) is 11.3. The van der Waals surface area contributed by atoms with Gasteiger partial charge in [-0.3, -0.25) is 4.98 Å². The Morgan fingerprint density at radius 3 is 2.83 bits per heavy atom. The van der Waals surface area contributed by atoms with Gasteiger partial charge in [0.05, 0.1) is 12.2 Å². The van der Waals surface area contributed by atoms with Gasteiger partial charge in [0.25, 0.3) is 0 Å². The van der Waals surface area contributed by atoms with Crippen molar-refractivity contribution in [2.45, 2.75) is 39.8 Å². The van der Waals surface area contributed by atoms with Crippen LogP contribution < -0.4 is 10.6 Å². The van der Waals surface area contributed by atoms with Crippen molar-refractivity contribution < 1.29 is 0 Å². The summed E-state index contributed by atoms with van der Waals surface area (Å²) in [5, 5.41) is 14.7. The van der Waals surface area contributed by atoms with Crippen LogP contribution in [-0.2, 0) is 19.5 Å². The molecule has 0 aliphatic rings. The van der Waals surface area contributed by atoms with Crippen LogP contribution in [-0.4, -0.2) is 38.8 Å². The van der Waals surface area contributed by atoms with Crippen LogP contribution >= 0.6 is 0 Å². The van der Waals surface area contributed by atoms with E-state index in [2.05, 4.69) is 49.2 Å². The third-order valence-corrected chi connectivity index (χ3v) is 3.32. The molecule has 0 saturated heterocycles. The highest BCUT2D eigenvalue weighted by Gasteiger charge is 2.02. The standard InChI is InChI=1S/C16H25N7/c1-3-8-18-16(20-12-14-7-5-6-9-17-14)19-10-11-23-13-21-22-15(23)4-2/h5-7,9,13H,3-4,8,10-12H2,1-2H3,(H2,18,19,20). The van der Waals surface area contributed by atoms with E-state index >= 15 is 0 Å². The zero-order valence-electron chi connectivity index (χ0n) is 13.9. The van der Waals surface area contributed by atoms with Gasteiger partial charge in [0.2, 0.25) is 0 Å². The predicted molar refractivity (Wildman–Crippen MR) is 91.1 cm³/mol. The van der Waals surface area contributed by atoms with Crippen LogP contribution in [0.4, 0.5) is 0 Å². The second-order valence-electron chi connectivity index (χ2n) is 5.13. The Kier molecular flexibility index (Phi) is 7.03. The summed E-state index contributed by atoms with van der Waals surface area (Å²) in [4.78, 5) is 8.88. The molecule has 0 spiro atoms. The molecule has 7 nitrogen and oxygen atoms in total. The third-order valence-electron chi connectivity index (χ3n) is 3.32. The van der Waals surface area contributed by atoms with E-state index in [1.807, 2.05) is 18.2 Å². The molecule has 0 aliphatic heterocycles. The van der Waals surface area contributed by atoms with Crippen LogP contribution in [0.1, 0.15) is 31.8 Å². The van der Waals surface area contributed by atoms with Crippen LogP contribution in [0, 0.1) is 0 Å². The zero-order valence-corrected chi connectivity index (χ0v) is 13.9. The molecule has 0 aliphatic carbocycles. The molecule has 0 atom stereocenters. The number of aryl methyl sites for hydroxylation is 1. The molecule has 0 saturated carbocycles. The minimum absolute atomic E-state index is 0.562. The molecule has 2 N–H and O–H groups in total. The highest BCUT2D eigenvalue weighted by Crippen LogP contribution is 1.96. The maximum Gasteiger partial charge on any atom is 0.191 e. The Labute approximate surface area is 137 Å². The molecule has 23 heavy (non-hydrogen) atoms. The normalized spacial score (nSPS) is 11.5. The molecule has 0 radical (unpaired) electrons. The zero-order chi connectivity index (χ0) is 16.3. The van der Waals surface area contributed by atoms with E-state index in [1.165, 1.54) is 0 Å². The van der Waals surface area contributed by atoms with Crippen molar-refractivity contribution in [2.75, 3.05) is 13.1 Å². The monoisotopic (exact) mass is 315 g/mol. The lowest BCUT2D eigenvalue weighted by Crippen LogP contribution is -2.39. The first-order valence-electron chi connectivity index (χ1n) is 8.12. The molecule has 7 heteroatoms. The number of hydrogen-bond donors (Lipinski definition) is 2. The lowest BCUT2D eigenvalue weighted by molar-refractivity contribution is 0.630. The Morgan fingerprint density at radius 2 is 2.09 bits per heavy atom. The highest BCUT2D eigenvalue weighted by atomic mass is 15.3. The van der Waals surface area contributed by atoms with Gasteiger partial charge < -0.3 is 15.2 Å². The molecule has 0 unspecified atom stereocenters. The van der Waals surface area contributed by atoms with Gasteiger partial charge >= 0.3 is 0 Å². The first kappa shape index (κ1) is 16.9. The Hall–Kier alpha value is -2.44. The summed E-state index contributed by atoms with van der Waals surface area (Å²) in [6.45, 7) is 7.24. The maximum atomic E-state index is 4.58. The summed E-state index contributed by atoms with van der Waals surface area (Å²) >= 11 is 0. The summed E-state index contributed by atoms with van der Waals surface area (Å²) < 4.78 is 2.06. The van der Waals surface area contributed by atoms with Gasteiger partial charge in [-0.2, -0.15) is 0 Å². The molecular weight excluding hydrogens is 290 g/mol. The second kappa shape index (κ2) is 9.55. The van der Waals surface area contributed by atoms with Crippen LogP contribution in [0.5, 0.6) is 0 Å². The molecule has 124 valence electrons. The second-order valence-corrected chi connectivity index (χ2v) is 5.13. The van der Waals surface area contributed by atoms with Gasteiger partial charge in [0.15, 0.2) is 5.96 Å². The predicted octanol–water partition coefficient (Wildman–Crippen LogP) is 1.38. The van der Waals surface area contributed by atoms with E-state index in [0.29, 0.717) is 6.54 Å². The van der Waals surface area contributed by atoms with Crippen molar-refractivity contribution in [3.05, 3.63) is 42.2 Å². The van der Waals surface area contributed by atoms with Crippen molar-refractivity contribution in [2.24, 2.45) is 4.99 Å². The lowest BCUT2D eigenvalue weighted by atomic mass is 10.3. The van der Waals surface area contributed by atoms with Gasteiger partial charge in [0.1, 0.15) is 12.2 Å². The lowest BCUT2D eigenvalue weighted by Gasteiger charge is -2.12. The van der Waals surface area contributed by atoms with Crippen molar-refractivity contribution >= 4 is 5.96 Å². The molecular formula is C16H25N7. The van der Waals surface area contributed by atoms with Gasteiger partial charge in [0, 0.05) is 32.3 Å². The number of hydrogen-bond acceptors (Lipinski definition) is 4. The molecule has 2 heterocycles. The van der Waals surface area contributed by atoms with Gasteiger partial charge in [-0.1, -0.05) is 19.9 Å². The molecule has 2 aromatic heterocycles. The summed E-state index contributed by atoms with van der Waals surface area (Å²) in [5.41, 5.74) is 0.956. The molecule has 2 aromatic rings. The maximum absolute atomic E-state index is 4.58. The minimum Gasteiger partial charge on any atom is -0.356 e. The molecule has 2 rings (SSSR count). The molecule has 0 bridgehead atoms. The Bertz CT molecular complexity index is 591. The van der Waals surface area contributed by atoms with Crippen molar-refractivity contribution in [1.29, 1.82) is 0 Å². The largest absolute Gasteiger partial charge is 0.356 e. The summed E-state index contributed by atoms with van der Waals surface area (Å²) in [7, 11) is 0. The minimum atomic E-state index is 0.562. The molecule has 0 amide bonds. The van der Waals surface area contributed by atoms with Crippen molar-refractivity contribution in [3.63, 3.8) is 0 Å². The fraction of sp³-hybridized carbons (Fsp3) is 0.500. The van der Waals surface area contributed by atoms with E-state index in [1.54, 1.807) is 12.5 Å². The topological polar surface area (TPSA) is 80.0 Å². The number of nitrogens with one attached hydrogen (secondary N) is 2. The van der Waals surface area contributed by atoms with Gasteiger partial charge in [-0.25, -0.2) is 4.99 Å². The molecule has 0 aromatic carbocycles. The number of pyridine rings is 1. The van der Waals surface area contributed by atoms with Crippen molar-refractivity contribution in [3.8, 4) is 0 Å². The summed E-state index contributed by atoms with van der Waals surface area (Å²) in [6.07, 6.45) is 5.49. The Balaban J connectivity index is 1.87. The third kappa shape index (κ3) is 5.69. The van der Waals surface area contributed by atoms with E-state index < -0.39 is 0 Å². The number of nitrogens with zero attached hydrogens (tertiary/aromatic N) is 5. The average molecular weight is 315 g/mol. The van der Waals surface area contributed by atoms with Crippen LogP contribution in [0.2, 0.25) is 0 Å². The fourth-order valence-electron chi connectivity index (χ4n) is 2.10. The highest BCUT2D eigenvalue weighted by molar-refractivity contribution is 5.79. The number of rotatable bonds is 8. The number of guanidine groups is 1. The van der Waals surface area contributed by atoms with E-state index in [-0.39, 0.29) is 0 Å². The smallest absolute Gasteiger partial charge is 0.191 e. The van der Waals surface area contributed by atoms with Crippen LogP contribution in [0.25, 0.3) is 0 Å². The fourth-order valence-corrected chi connectivity index (χ4v) is 2.10. The quantitative estimate of drug-likeness (QED) is 0.568. The van der Waals surface area contributed by atoms with Gasteiger partial charge in [-0.15, -0.1) is 10.2 Å². The van der Waals surface area contributed by atoms with E-state index in [4.69, 9.17) is 0 Å². The first-order valence-corrected chi connectivity index (χ1v) is 8.12. The van der Waals surface area contributed by atoms with Crippen LogP contribution in [0.3, 0.4) is 0 Å². The van der Waals surface area contributed by atoms with E-state index in [0.717, 1.165) is 50.0 Å². The van der Waals surface area contributed by atoms with Gasteiger partial charge in [-0.05, 0) is 18.6 Å².